The van der Waals surface area contributed by atoms with Gasteiger partial charge in [-0.1, -0.05) is 72.3 Å². The number of carboxylic acid groups (broad SMARTS) is 1. The van der Waals surface area contributed by atoms with Crippen molar-refractivity contribution in [3.63, 3.8) is 0 Å². The van der Waals surface area contributed by atoms with Gasteiger partial charge in [-0.15, -0.1) is 0 Å². The molecule has 1 heterocycles. The molecule has 0 saturated carbocycles. The Labute approximate surface area is 190 Å². The number of carbonyl (C=O) groups is 3. The lowest BCUT2D eigenvalue weighted by Gasteiger charge is -2.27. The zero-order chi connectivity index (χ0) is 23.5. The van der Waals surface area contributed by atoms with E-state index in [9.17, 15) is 24.6 Å². The molecule has 0 spiro atoms. The summed E-state index contributed by atoms with van der Waals surface area (Å²) in [4.78, 5) is 39.0. The lowest BCUT2D eigenvalue weighted by Crippen LogP contribution is -2.31. The molecule has 0 radical (unpaired) electrons. The Hall–Kier alpha value is -4.45. The van der Waals surface area contributed by atoms with Crippen molar-refractivity contribution in [1.82, 2.24) is 0 Å². The van der Waals surface area contributed by atoms with Gasteiger partial charge in [0.2, 0.25) is 0 Å². The van der Waals surface area contributed by atoms with E-state index in [1.807, 2.05) is 49.4 Å². The number of carbonyl (C=O) groups excluding carboxylic acids is 2. The fourth-order valence-electron chi connectivity index (χ4n) is 3.80. The summed E-state index contributed by atoms with van der Waals surface area (Å²) in [6.07, 6.45) is 2.94. The predicted octanol–water partition coefficient (Wildman–Crippen LogP) is 4.88. The fraction of sp³-hybridized carbons (Fsp3) is 0.0741. The molecule has 1 aliphatic rings. The van der Waals surface area contributed by atoms with Gasteiger partial charge in [-0.2, -0.15) is 0 Å². The highest BCUT2D eigenvalue weighted by Crippen LogP contribution is 2.41. The number of aliphatic hydroxyl groups is 1. The molecule has 6 nitrogen and oxygen atoms in total. The third-order valence-corrected chi connectivity index (χ3v) is 5.46. The number of aryl methyl sites for hydroxylation is 1. The van der Waals surface area contributed by atoms with Crippen molar-refractivity contribution in [1.29, 1.82) is 0 Å². The average molecular weight is 439 g/mol. The van der Waals surface area contributed by atoms with Crippen LogP contribution in [0.3, 0.4) is 0 Å². The first-order valence-electron chi connectivity index (χ1n) is 10.3. The zero-order valence-electron chi connectivity index (χ0n) is 17.8. The lowest BCUT2D eigenvalue weighted by molar-refractivity contribution is -0.117. The van der Waals surface area contributed by atoms with E-state index in [4.69, 9.17) is 0 Å². The Kier molecular flexibility index (Phi) is 5.91. The third-order valence-electron chi connectivity index (χ3n) is 5.46. The highest BCUT2D eigenvalue weighted by molar-refractivity contribution is 6.20. The molecule has 0 bridgehead atoms. The third kappa shape index (κ3) is 4.32. The quantitative estimate of drug-likeness (QED) is 0.534. The largest absolute Gasteiger partial charge is 0.503 e. The molecule has 6 heteroatoms. The van der Waals surface area contributed by atoms with E-state index in [-0.39, 0.29) is 16.8 Å². The number of anilines is 1. The topological polar surface area (TPSA) is 94.9 Å². The molecule has 4 rings (SSSR count). The number of hydrogen-bond acceptors (Lipinski definition) is 4. The van der Waals surface area contributed by atoms with E-state index in [1.54, 1.807) is 24.3 Å². The van der Waals surface area contributed by atoms with Gasteiger partial charge in [0.15, 0.2) is 11.5 Å². The number of allylic oxidation sites excluding steroid dienone is 1. The van der Waals surface area contributed by atoms with Crippen LogP contribution in [0.1, 0.15) is 33.1 Å². The number of rotatable bonds is 6. The lowest BCUT2D eigenvalue weighted by atomic mass is 9.94. The van der Waals surface area contributed by atoms with E-state index in [0.717, 1.165) is 11.1 Å². The van der Waals surface area contributed by atoms with Gasteiger partial charge in [-0.3, -0.25) is 14.5 Å². The van der Waals surface area contributed by atoms with E-state index >= 15 is 0 Å². The minimum atomic E-state index is -1.14. The molecular formula is C27H21NO5. The predicted molar refractivity (Wildman–Crippen MR) is 125 cm³/mol. The maximum Gasteiger partial charge on any atom is 0.335 e. The van der Waals surface area contributed by atoms with Gasteiger partial charge < -0.3 is 10.2 Å². The molecule has 0 aliphatic carbocycles. The summed E-state index contributed by atoms with van der Waals surface area (Å²) in [7, 11) is 0. The fourth-order valence-corrected chi connectivity index (χ4v) is 3.80. The second-order valence-corrected chi connectivity index (χ2v) is 7.71. The van der Waals surface area contributed by atoms with E-state index in [0.29, 0.717) is 5.56 Å². The van der Waals surface area contributed by atoms with Gasteiger partial charge in [0.05, 0.1) is 17.2 Å². The Balaban J connectivity index is 1.81. The first kappa shape index (κ1) is 21.8. The van der Waals surface area contributed by atoms with Gasteiger partial charge >= 0.3 is 5.97 Å². The number of hydrogen-bond donors (Lipinski definition) is 2. The average Bonchev–Trinajstić information content (AvgIpc) is 3.09. The molecule has 0 saturated heterocycles. The smallest absolute Gasteiger partial charge is 0.335 e. The van der Waals surface area contributed by atoms with Crippen molar-refractivity contribution in [2.75, 3.05) is 4.90 Å². The SMILES string of the molecule is Cc1ccc([C@H]2C(C(=O)/C=C/c3ccccc3)=C(O)C(=O)N2c2cccc(C(=O)O)c2)cc1. The first-order chi connectivity index (χ1) is 15.9. The summed E-state index contributed by atoms with van der Waals surface area (Å²) < 4.78 is 0. The van der Waals surface area contributed by atoms with Gasteiger partial charge in [0, 0.05) is 5.69 Å². The van der Waals surface area contributed by atoms with Crippen molar-refractivity contribution in [2.45, 2.75) is 13.0 Å². The van der Waals surface area contributed by atoms with Crippen LogP contribution in [0.4, 0.5) is 5.69 Å². The minimum absolute atomic E-state index is 0.00815. The number of amides is 1. The second kappa shape index (κ2) is 8.96. The molecule has 3 aromatic rings. The Morgan fingerprint density at radius 3 is 2.30 bits per heavy atom. The van der Waals surface area contributed by atoms with Crippen LogP contribution in [0.5, 0.6) is 0 Å². The summed E-state index contributed by atoms with van der Waals surface area (Å²) in [5, 5.41) is 20.1. The van der Waals surface area contributed by atoms with Crippen LogP contribution in [0.15, 0.2) is 96.3 Å². The molecule has 33 heavy (non-hydrogen) atoms. The second-order valence-electron chi connectivity index (χ2n) is 7.71. The number of aromatic carboxylic acids is 1. The minimum Gasteiger partial charge on any atom is -0.503 e. The summed E-state index contributed by atoms with van der Waals surface area (Å²) >= 11 is 0. The van der Waals surface area contributed by atoms with E-state index in [1.165, 1.54) is 29.2 Å². The molecule has 0 unspecified atom stereocenters. The number of nitrogens with zero attached hydrogens (tertiary/aromatic N) is 1. The maximum atomic E-state index is 13.2. The van der Waals surface area contributed by atoms with Crippen LogP contribution in [0, 0.1) is 6.92 Å². The van der Waals surface area contributed by atoms with Crippen LogP contribution < -0.4 is 4.90 Å². The van der Waals surface area contributed by atoms with Crippen LogP contribution in [-0.2, 0) is 9.59 Å². The molecule has 1 aliphatic heterocycles. The Bertz CT molecular complexity index is 1290. The van der Waals surface area contributed by atoms with E-state index < -0.39 is 29.5 Å². The van der Waals surface area contributed by atoms with Crippen molar-refractivity contribution in [3.8, 4) is 0 Å². The van der Waals surface area contributed by atoms with Crippen LogP contribution in [0.2, 0.25) is 0 Å². The van der Waals surface area contributed by atoms with Crippen molar-refractivity contribution >= 4 is 29.4 Å². The van der Waals surface area contributed by atoms with Crippen LogP contribution in [-0.4, -0.2) is 27.9 Å². The highest BCUT2D eigenvalue weighted by atomic mass is 16.4. The van der Waals surface area contributed by atoms with Gasteiger partial charge in [-0.25, -0.2) is 4.79 Å². The van der Waals surface area contributed by atoms with Crippen LogP contribution >= 0.6 is 0 Å². The van der Waals surface area contributed by atoms with Gasteiger partial charge in [0.25, 0.3) is 5.91 Å². The number of ketones is 1. The van der Waals surface area contributed by atoms with Crippen molar-refractivity contribution in [2.24, 2.45) is 0 Å². The molecule has 1 amide bonds. The Morgan fingerprint density at radius 1 is 0.939 bits per heavy atom. The molecular weight excluding hydrogens is 418 g/mol. The molecule has 1 atom stereocenters. The first-order valence-corrected chi connectivity index (χ1v) is 10.3. The number of benzene rings is 3. The van der Waals surface area contributed by atoms with Gasteiger partial charge in [-0.05, 0) is 42.3 Å². The number of carboxylic acids is 1. The molecule has 164 valence electrons. The van der Waals surface area contributed by atoms with Crippen molar-refractivity contribution < 1.29 is 24.6 Å². The molecule has 0 aromatic heterocycles. The summed E-state index contributed by atoms with van der Waals surface area (Å²) in [6, 6.07) is 21.4. The van der Waals surface area contributed by atoms with Crippen LogP contribution in [0.25, 0.3) is 6.08 Å². The maximum absolute atomic E-state index is 13.2. The summed E-state index contributed by atoms with van der Waals surface area (Å²) in [5.74, 6) is -3.06. The monoisotopic (exact) mass is 439 g/mol. The normalized spacial score (nSPS) is 16.0. The summed E-state index contributed by atoms with van der Waals surface area (Å²) in [5.41, 5.74) is 2.62. The van der Waals surface area contributed by atoms with E-state index in [2.05, 4.69) is 0 Å². The number of aliphatic hydroxyl groups excluding tert-OH is 1. The molecule has 2 N–H and O–H groups in total. The van der Waals surface area contributed by atoms with Gasteiger partial charge in [0.1, 0.15) is 0 Å². The highest BCUT2D eigenvalue weighted by Gasteiger charge is 2.43. The summed E-state index contributed by atoms with van der Waals surface area (Å²) in [6.45, 7) is 1.92. The molecule has 3 aromatic carbocycles. The van der Waals surface area contributed by atoms with Crippen molar-refractivity contribution in [3.05, 3.63) is 119 Å². The zero-order valence-corrected chi connectivity index (χ0v) is 17.8. The Morgan fingerprint density at radius 2 is 1.64 bits per heavy atom. The molecule has 0 fully saturated rings. The standard InChI is InChI=1S/C27H21NO5/c1-17-10-13-19(14-11-17)24-23(22(29)15-12-18-6-3-2-4-7-18)25(30)26(31)28(24)21-9-5-8-20(16-21)27(32)33/h2-16,24,30H,1H3,(H,32,33)/b15-12+/t24-/m0/s1.